The van der Waals surface area contributed by atoms with Gasteiger partial charge in [-0.15, -0.1) is 0 Å². The molecule has 3 heterocycles. The summed E-state index contributed by atoms with van der Waals surface area (Å²) in [4.78, 5) is 15.7. The van der Waals surface area contributed by atoms with Crippen molar-refractivity contribution in [2.75, 3.05) is 6.61 Å². The lowest BCUT2D eigenvalue weighted by Gasteiger charge is -2.12. The smallest absolute Gasteiger partial charge is 0.355 e. The highest BCUT2D eigenvalue weighted by atomic mass is 16.5. The molecule has 1 aliphatic heterocycles. The standard InChI is InChI=1S/C21H28N2O2/c1-8-25-21(24)20-14(6)19-16(22-20)10-17-13(5)12(4)15(7)23(17)18(19)9-11(2)3/h10-11,15H,8-9H2,1-7H3/p+1/t15-/m1/s1. The van der Waals surface area contributed by atoms with Gasteiger partial charge in [-0.2, -0.15) is 4.57 Å². The molecule has 3 rings (SSSR count). The summed E-state index contributed by atoms with van der Waals surface area (Å²) in [7, 11) is 0. The zero-order chi connectivity index (χ0) is 18.5. The average molecular weight is 341 g/mol. The largest absolute Gasteiger partial charge is 0.461 e. The summed E-state index contributed by atoms with van der Waals surface area (Å²) in [6, 6.07) is 2.55. The highest BCUT2D eigenvalue weighted by Gasteiger charge is 2.37. The van der Waals surface area contributed by atoms with Gasteiger partial charge in [-0.25, -0.2) is 4.79 Å². The monoisotopic (exact) mass is 341 g/mol. The molecule has 0 aliphatic carbocycles. The molecule has 1 aliphatic rings. The predicted octanol–water partition coefficient (Wildman–Crippen LogP) is 4.51. The van der Waals surface area contributed by atoms with Crippen LogP contribution < -0.4 is 4.57 Å². The molecule has 0 saturated heterocycles. The molecule has 0 spiro atoms. The van der Waals surface area contributed by atoms with E-state index >= 15 is 0 Å². The molecule has 25 heavy (non-hydrogen) atoms. The van der Waals surface area contributed by atoms with Crippen LogP contribution >= 0.6 is 0 Å². The number of nitrogens with zero attached hydrogens (tertiary/aromatic N) is 1. The number of carbonyl (C=O) groups is 1. The Balaban J connectivity index is 2.33. The van der Waals surface area contributed by atoms with Gasteiger partial charge in [0.15, 0.2) is 11.7 Å². The van der Waals surface area contributed by atoms with Crippen molar-refractivity contribution < 1.29 is 14.1 Å². The van der Waals surface area contributed by atoms with Gasteiger partial charge in [-0.3, -0.25) is 0 Å². The zero-order valence-corrected chi connectivity index (χ0v) is 16.4. The van der Waals surface area contributed by atoms with Crippen LogP contribution in [0.3, 0.4) is 0 Å². The maximum absolute atomic E-state index is 12.3. The van der Waals surface area contributed by atoms with Gasteiger partial charge in [0, 0.05) is 30.6 Å². The second kappa shape index (κ2) is 6.32. The summed E-state index contributed by atoms with van der Waals surface area (Å²) < 4.78 is 7.69. The lowest BCUT2D eigenvalue weighted by atomic mass is 10.0. The van der Waals surface area contributed by atoms with Gasteiger partial charge < -0.3 is 9.72 Å². The quantitative estimate of drug-likeness (QED) is 0.657. The van der Waals surface area contributed by atoms with Crippen molar-refractivity contribution in [1.29, 1.82) is 0 Å². The molecule has 4 heteroatoms. The van der Waals surface area contributed by atoms with E-state index in [2.05, 4.69) is 50.2 Å². The van der Waals surface area contributed by atoms with E-state index in [4.69, 9.17) is 4.74 Å². The summed E-state index contributed by atoms with van der Waals surface area (Å²) in [5, 5.41) is 1.18. The van der Waals surface area contributed by atoms with E-state index in [1.165, 1.54) is 27.9 Å². The number of carbonyl (C=O) groups excluding carboxylic acids is 1. The summed E-state index contributed by atoms with van der Waals surface area (Å²) in [6.07, 6.45) is 0.982. The maximum atomic E-state index is 12.3. The van der Waals surface area contributed by atoms with Crippen molar-refractivity contribution in [3.05, 3.63) is 34.3 Å². The van der Waals surface area contributed by atoms with Crippen molar-refractivity contribution in [2.45, 2.75) is 60.9 Å². The number of H-pyrrole nitrogens is 1. The van der Waals surface area contributed by atoms with E-state index in [9.17, 15) is 4.79 Å². The van der Waals surface area contributed by atoms with Crippen LogP contribution in [-0.4, -0.2) is 17.6 Å². The average Bonchev–Trinajstić information content (AvgIpc) is 2.98. The second-order valence-electron chi connectivity index (χ2n) is 7.56. The third-order valence-electron chi connectivity index (χ3n) is 5.47. The van der Waals surface area contributed by atoms with Gasteiger partial charge in [0.1, 0.15) is 5.69 Å². The maximum Gasteiger partial charge on any atom is 0.355 e. The molecule has 2 aromatic heterocycles. The number of hydrogen-bond donors (Lipinski definition) is 1. The number of aromatic amines is 1. The summed E-state index contributed by atoms with van der Waals surface area (Å²) >= 11 is 0. The van der Waals surface area contributed by atoms with E-state index in [0.717, 1.165) is 17.5 Å². The molecule has 0 radical (unpaired) electrons. The molecule has 0 fully saturated rings. The van der Waals surface area contributed by atoms with Crippen LogP contribution in [0.4, 0.5) is 0 Å². The number of hydrogen-bond acceptors (Lipinski definition) is 2. The van der Waals surface area contributed by atoms with Crippen LogP contribution in [0.1, 0.15) is 75.0 Å². The number of fused-ring (bicyclic) bond motifs is 2. The summed E-state index contributed by atoms with van der Waals surface area (Å²) in [6.45, 7) is 15.4. The predicted molar refractivity (Wildman–Crippen MR) is 101 cm³/mol. The van der Waals surface area contributed by atoms with Crippen LogP contribution in [0, 0.1) is 12.8 Å². The van der Waals surface area contributed by atoms with E-state index in [1.807, 2.05) is 13.8 Å². The van der Waals surface area contributed by atoms with Crippen molar-refractivity contribution in [1.82, 2.24) is 4.98 Å². The molecule has 0 bridgehead atoms. The van der Waals surface area contributed by atoms with E-state index in [-0.39, 0.29) is 5.97 Å². The Morgan fingerprint density at radius 3 is 2.60 bits per heavy atom. The molecular formula is C21H29N2O2+. The van der Waals surface area contributed by atoms with Crippen LogP contribution in [0.2, 0.25) is 0 Å². The van der Waals surface area contributed by atoms with Gasteiger partial charge >= 0.3 is 5.97 Å². The minimum atomic E-state index is -0.270. The number of esters is 1. The first-order chi connectivity index (χ1) is 11.8. The fraction of sp³-hybridized carbons (Fsp3) is 0.524. The van der Waals surface area contributed by atoms with Crippen LogP contribution in [0.25, 0.3) is 16.5 Å². The molecule has 0 unspecified atom stereocenters. The molecule has 4 nitrogen and oxygen atoms in total. The summed E-state index contributed by atoms with van der Waals surface area (Å²) in [5.74, 6) is 0.268. The first-order valence-corrected chi connectivity index (χ1v) is 9.22. The molecule has 1 N–H and O–H groups in total. The first kappa shape index (κ1) is 17.7. The lowest BCUT2D eigenvalue weighted by Crippen LogP contribution is -2.43. The number of nitrogens with one attached hydrogen (secondary N) is 1. The van der Waals surface area contributed by atoms with Crippen molar-refractivity contribution >= 4 is 22.4 Å². The number of aryl methyl sites for hydroxylation is 1. The molecule has 134 valence electrons. The van der Waals surface area contributed by atoms with E-state index in [0.29, 0.717) is 24.3 Å². The Morgan fingerprint density at radius 1 is 1.32 bits per heavy atom. The topological polar surface area (TPSA) is 46.0 Å². The SMILES string of the molecule is CCOC(=O)c1[nH]c2cc3[n+](c(CC(C)C)c2c1C)[C@H](C)C(C)=C3C. The number of ether oxygens (including phenoxy) is 1. The van der Waals surface area contributed by atoms with Crippen molar-refractivity contribution in [3.8, 4) is 0 Å². The summed E-state index contributed by atoms with van der Waals surface area (Å²) in [5.41, 5.74) is 7.93. The third kappa shape index (κ3) is 2.68. The lowest BCUT2D eigenvalue weighted by molar-refractivity contribution is -0.714. The van der Waals surface area contributed by atoms with Gasteiger partial charge in [-0.05, 0) is 39.2 Å². The number of aromatic nitrogens is 2. The van der Waals surface area contributed by atoms with Crippen LogP contribution in [0.5, 0.6) is 0 Å². The van der Waals surface area contributed by atoms with Gasteiger partial charge in [0.2, 0.25) is 5.69 Å². The molecule has 2 aromatic rings. The van der Waals surface area contributed by atoms with Crippen LogP contribution in [0.15, 0.2) is 11.6 Å². The highest BCUT2D eigenvalue weighted by Crippen LogP contribution is 2.35. The minimum absolute atomic E-state index is 0.270. The molecule has 1 atom stereocenters. The number of pyridine rings is 1. The number of allylic oxidation sites excluding steroid dienone is 2. The van der Waals surface area contributed by atoms with Gasteiger partial charge in [0.05, 0.1) is 17.5 Å². The Kier molecular flexibility index (Phi) is 4.48. The van der Waals surface area contributed by atoms with Gasteiger partial charge in [-0.1, -0.05) is 13.8 Å². The Labute approximate surface area is 149 Å². The fourth-order valence-electron chi connectivity index (χ4n) is 4.00. The highest BCUT2D eigenvalue weighted by molar-refractivity contribution is 5.99. The van der Waals surface area contributed by atoms with Crippen molar-refractivity contribution in [2.24, 2.45) is 5.92 Å². The van der Waals surface area contributed by atoms with Crippen LogP contribution in [-0.2, 0) is 11.2 Å². The van der Waals surface area contributed by atoms with Crippen molar-refractivity contribution in [3.63, 3.8) is 0 Å². The second-order valence-corrected chi connectivity index (χ2v) is 7.56. The third-order valence-corrected chi connectivity index (χ3v) is 5.47. The van der Waals surface area contributed by atoms with E-state index in [1.54, 1.807) is 0 Å². The molecule has 0 aromatic carbocycles. The number of rotatable bonds is 4. The fourth-order valence-corrected chi connectivity index (χ4v) is 4.00. The normalized spacial score (nSPS) is 16.9. The molecule has 0 amide bonds. The molecular weight excluding hydrogens is 312 g/mol. The Hall–Kier alpha value is -2.10. The zero-order valence-electron chi connectivity index (χ0n) is 16.4. The first-order valence-electron chi connectivity index (χ1n) is 9.22. The Morgan fingerprint density at radius 2 is 2.00 bits per heavy atom. The van der Waals surface area contributed by atoms with E-state index < -0.39 is 0 Å². The van der Waals surface area contributed by atoms with Gasteiger partial charge in [0.25, 0.3) is 0 Å². The Bertz CT molecular complexity index is 887. The molecule has 0 saturated carbocycles. The minimum Gasteiger partial charge on any atom is -0.461 e.